The second kappa shape index (κ2) is 15.5. The summed E-state index contributed by atoms with van der Waals surface area (Å²) in [5, 5.41) is 64.0. The van der Waals surface area contributed by atoms with Crippen LogP contribution in [0.5, 0.6) is 17.2 Å². The van der Waals surface area contributed by atoms with Gasteiger partial charge in [0.2, 0.25) is 0 Å². The van der Waals surface area contributed by atoms with Gasteiger partial charge in [-0.15, -0.1) is 0 Å². The zero-order chi connectivity index (χ0) is 31.8. The highest BCUT2D eigenvalue weighted by molar-refractivity contribution is 5.62. The van der Waals surface area contributed by atoms with Gasteiger partial charge in [-0.25, -0.2) is 0 Å². The molecule has 0 saturated carbocycles. The quantitative estimate of drug-likeness (QED) is 0.133. The van der Waals surface area contributed by atoms with Crippen LogP contribution in [0.3, 0.4) is 0 Å². The van der Waals surface area contributed by atoms with Crippen LogP contribution in [0.2, 0.25) is 0 Å². The Bertz CT molecular complexity index is 1410. The summed E-state index contributed by atoms with van der Waals surface area (Å²) in [4.78, 5) is 0. The van der Waals surface area contributed by atoms with Crippen molar-refractivity contribution in [1.29, 1.82) is 0 Å². The van der Waals surface area contributed by atoms with Crippen LogP contribution in [-0.2, 0) is 53.9 Å². The molecule has 0 radical (unpaired) electrons. The van der Waals surface area contributed by atoms with Crippen LogP contribution in [0.4, 0.5) is 0 Å². The SMILES string of the molecule is CCOCc1cc(C(c2cc(CO)c(O)c(CO)c2C)c2cc(COCC)c(O)c(COCC)c2C)c(C)c(CO)c1O. The first kappa shape index (κ1) is 34.3. The zero-order valence-electron chi connectivity index (χ0n) is 26.1. The summed E-state index contributed by atoms with van der Waals surface area (Å²) in [5.74, 6) is -0.699. The van der Waals surface area contributed by atoms with Crippen LogP contribution in [0, 0.1) is 20.8 Å². The summed E-state index contributed by atoms with van der Waals surface area (Å²) in [7, 11) is 0. The highest BCUT2D eigenvalue weighted by Gasteiger charge is 2.30. The van der Waals surface area contributed by atoms with E-state index in [1.807, 2.05) is 46.8 Å². The van der Waals surface area contributed by atoms with E-state index < -0.39 is 25.7 Å². The van der Waals surface area contributed by atoms with Crippen molar-refractivity contribution in [2.75, 3.05) is 19.8 Å². The van der Waals surface area contributed by atoms with Gasteiger partial charge in [0.05, 0.1) is 39.6 Å². The van der Waals surface area contributed by atoms with Crippen molar-refractivity contribution in [3.63, 3.8) is 0 Å². The van der Waals surface area contributed by atoms with Gasteiger partial charge in [0.1, 0.15) is 17.2 Å². The van der Waals surface area contributed by atoms with E-state index in [4.69, 9.17) is 14.2 Å². The van der Waals surface area contributed by atoms with Gasteiger partial charge in [0.15, 0.2) is 0 Å². The molecule has 9 heteroatoms. The van der Waals surface area contributed by atoms with E-state index in [0.717, 1.165) is 16.7 Å². The molecule has 3 aromatic carbocycles. The molecule has 3 rings (SSSR count). The number of phenols is 3. The minimum Gasteiger partial charge on any atom is -0.507 e. The fourth-order valence-electron chi connectivity index (χ4n) is 5.66. The molecular formula is C34H46O9. The summed E-state index contributed by atoms with van der Waals surface area (Å²) in [5.41, 5.74) is 6.86. The molecule has 0 aliphatic carbocycles. The maximum Gasteiger partial charge on any atom is 0.126 e. The Balaban J connectivity index is 2.55. The van der Waals surface area contributed by atoms with Crippen LogP contribution in [0.25, 0.3) is 0 Å². The summed E-state index contributed by atoms with van der Waals surface area (Å²) >= 11 is 0. The molecule has 0 aliphatic heterocycles. The van der Waals surface area contributed by atoms with Crippen molar-refractivity contribution < 1.29 is 44.8 Å². The molecule has 236 valence electrons. The summed E-state index contributed by atoms with van der Waals surface area (Å²) < 4.78 is 17.1. The predicted molar refractivity (Wildman–Crippen MR) is 163 cm³/mol. The number of aliphatic hydroxyl groups is 3. The topological polar surface area (TPSA) is 149 Å². The third kappa shape index (κ3) is 6.98. The van der Waals surface area contributed by atoms with Gasteiger partial charge < -0.3 is 44.8 Å². The minimum atomic E-state index is -0.580. The first-order valence-electron chi connectivity index (χ1n) is 14.7. The van der Waals surface area contributed by atoms with Gasteiger partial charge >= 0.3 is 0 Å². The number of benzene rings is 3. The lowest BCUT2D eigenvalue weighted by molar-refractivity contribution is 0.125. The molecule has 0 aromatic heterocycles. The van der Waals surface area contributed by atoms with Crippen molar-refractivity contribution >= 4 is 0 Å². The number of rotatable bonds is 15. The molecule has 0 aliphatic rings. The highest BCUT2D eigenvalue weighted by atomic mass is 16.5. The number of phenolic OH excluding ortho intramolecular Hbond substituents is 1. The molecule has 0 spiro atoms. The minimum absolute atomic E-state index is 0.0398. The van der Waals surface area contributed by atoms with E-state index in [1.54, 1.807) is 13.0 Å². The third-order valence-corrected chi connectivity index (χ3v) is 8.21. The van der Waals surface area contributed by atoms with Crippen LogP contribution in [0.15, 0.2) is 18.2 Å². The maximum absolute atomic E-state index is 11.3. The lowest BCUT2D eigenvalue weighted by Crippen LogP contribution is -2.15. The molecule has 43 heavy (non-hydrogen) atoms. The van der Waals surface area contributed by atoms with Crippen molar-refractivity contribution in [3.05, 3.63) is 85.0 Å². The number of aromatic hydroxyl groups is 3. The molecule has 0 saturated heterocycles. The Morgan fingerprint density at radius 1 is 0.512 bits per heavy atom. The fraction of sp³-hybridized carbons (Fsp3) is 0.471. The molecule has 1 atom stereocenters. The Morgan fingerprint density at radius 3 is 1.26 bits per heavy atom. The average molecular weight is 599 g/mol. The molecule has 0 fully saturated rings. The smallest absolute Gasteiger partial charge is 0.126 e. The van der Waals surface area contributed by atoms with E-state index in [2.05, 4.69) is 0 Å². The van der Waals surface area contributed by atoms with Gasteiger partial charge in [-0.3, -0.25) is 0 Å². The van der Waals surface area contributed by atoms with E-state index in [0.29, 0.717) is 64.3 Å². The zero-order valence-corrected chi connectivity index (χ0v) is 26.1. The summed E-state index contributed by atoms with van der Waals surface area (Å²) in [6.45, 7) is 11.6. The third-order valence-electron chi connectivity index (χ3n) is 8.21. The lowest BCUT2D eigenvalue weighted by atomic mass is 9.75. The molecule has 1 unspecified atom stereocenters. The van der Waals surface area contributed by atoms with Crippen molar-refractivity contribution in [2.24, 2.45) is 0 Å². The molecule has 0 bridgehead atoms. The fourth-order valence-corrected chi connectivity index (χ4v) is 5.66. The number of hydrogen-bond donors (Lipinski definition) is 6. The van der Waals surface area contributed by atoms with Crippen molar-refractivity contribution in [1.82, 2.24) is 0 Å². The van der Waals surface area contributed by atoms with E-state index in [9.17, 15) is 30.6 Å². The average Bonchev–Trinajstić information content (AvgIpc) is 2.99. The van der Waals surface area contributed by atoms with Crippen LogP contribution in [0.1, 0.15) is 93.5 Å². The van der Waals surface area contributed by atoms with Gasteiger partial charge in [-0.1, -0.05) is 0 Å². The standard InChI is InChI=1S/C34H46O9/c1-7-41-16-23-11-26(20(5)29(15-37)33(23)39)31(25-10-22(13-35)32(38)28(14-36)19(25)4)27-12-24(17-42-8-2)34(40)30(21(27)6)18-43-9-3/h10-12,31,35-40H,7-9,13-18H2,1-6H3. The number of ether oxygens (including phenoxy) is 3. The van der Waals surface area contributed by atoms with Gasteiger partial charge in [0.25, 0.3) is 0 Å². The second-order valence-corrected chi connectivity index (χ2v) is 10.5. The van der Waals surface area contributed by atoms with Crippen LogP contribution < -0.4 is 0 Å². The molecule has 0 heterocycles. The van der Waals surface area contributed by atoms with Crippen LogP contribution in [-0.4, -0.2) is 50.5 Å². The van der Waals surface area contributed by atoms with Crippen molar-refractivity contribution in [2.45, 2.75) is 87.1 Å². The predicted octanol–water partition coefficient (Wildman–Crippen LogP) is 5.00. The highest BCUT2D eigenvalue weighted by Crippen LogP contribution is 2.46. The van der Waals surface area contributed by atoms with E-state index in [-0.39, 0.29) is 42.6 Å². The maximum atomic E-state index is 11.3. The van der Waals surface area contributed by atoms with Gasteiger partial charge in [0, 0.05) is 59.1 Å². The van der Waals surface area contributed by atoms with Gasteiger partial charge in [-0.05, 0) is 93.1 Å². The molecule has 3 aromatic rings. The van der Waals surface area contributed by atoms with Crippen LogP contribution >= 0.6 is 0 Å². The second-order valence-electron chi connectivity index (χ2n) is 10.5. The molecule has 6 N–H and O–H groups in total. The molecular weight excluding hydrogens is 552 g/mol. The van der Waals surface area contributed by atoms with E-state index in [1.165, 1.54) is 0 Å². The molecule has 0 amide bonds. The van der Waals surface area contributed by atoms with Gasteiger partial charge in [-0.2, -0.15) is 0 Å². The first-order valence-corrected chi connectivity index (χ1v) is 14.7. The Kier molecular flexibility index (Phi) is 12.4. The monoisotopic (exact) mass is 598 g/mol. The molecule has 9 nitrogen and oxygen atoms in total. The Hall–Kier alpha value is -3.18. The Labute approximate surface area is 253 Å². The summed E-state index contributed by atoms with van der Waals surface area (Å²) in [6.07, 6.45) is 0. The number of hydrogen-bond acceptors (Lipinski definition) is 9. The lowest BCUT2D eigenvalue weighted by Gasteiger charge is -2.30. The number of aliphatic hydroxyl groups excluding tert-OH is 3. The first-order chi connectivity index (χ1) is 20.6. The largest absolute Gasteiger partial charge is 0.507 e. The Morgan fingerprint density at radius 2 is 0.860 bits per heavy atom. The summed E-state index contributed by atoms with van der Waals surface area (Å²) in [6, 6.07) is 5.46. The van der Waals surface area contributed by atoms with Crippen molar-refractivity contribution in [3.8, 4) is 17.2 Å². The van der Waals surface area contributed by atoms with E-state index >= 15 is 0 Å². The normalized spacial score (nSPS) is 12.2.